The van der Waals surface area contributed by atoms with Gasteiger partial charge in [-0.15, -0.1) is 0 Å². The number of nitrogens with zero attached hydrogens (tertiary/aromatic N) is 1. The molecule has 1 saturated heterocycles. The Morgan fingerprint density at radius 3 is 2.59 bits per heavy atom. The van der Waals surface area contributed by atoms with E-state index < -0.39 is 23.2 Å². The van der Waals surface area contributed by atoms with Gasteiger partial charge in [0.05, 0.1) is 23.2 Å². The molecule has 0 saturated carbocycles. The van der Waals surface area contributed by atoms with Crippen LogP contribution in [0.5, 0.6) is 0 Å². The number of likely N-dealkylation sites (N-methyl/N-ethyl adjacent to an activating group) is 1. The van der Waals surface area contributed by atoms with E-state index in [4.69, 9.17) is 5.11 Å². The van der Waals surface area contributed by atoms with Gasteiger partial charge in [0.15, 0.2) is 0 Å². The Balaban J connectivity index is 0.00000242. The second kappa shape index (κ2) is 6.69. The molecule has 1 aliphatic carbocycles. The highest BCUT2D eigenvalue weighted by molar-refractivity contribution is 5.84. The molecule has 2 aliphatic rings. The molecule has 128 valence electrons. The fourth-order valence-electron chi connectivity index (χ4n) is 3.95. The van der Waals surface area contributed by atoms with Crippen LogP contribution in [0.3, 0.4) is 0 Å². The third kappa shape index (κ3) is 2.59. The molecular formula is C17H31NO4. The first-order valence-electron chi connectivity index (χ1n) is 7.74. The fourth-order valence-corrected chi connectivity index (χ4v) is 3.95. The maximum Gasteiger partial charge on any atom is 0.229 e. The van der Waals surface area contributed by atoms with Gasteiger partial charge in [-0.3, -0.25) is 4.79 Å². The fraction of sp³-hybridized carbons (Fsp3) is 0.824. The number of aliphatic hydroxyl groups is 3. The Morgan fingerprint density at radius 1 is 1.45 bits per heavy atom. The zero-order valence-corrected chi connectivity index (χ0v) is 13.1. The van der Waals surface area contributed by atoms with E-state index in [-0.39, 0.29) is 32.3 Å². The van der Waals surface area contributed by atoms with Gasteiger partial charge in [-0.25, -0.2) is 0 Å². The predicted molar refractivity (Wildman–Crippen MR) is 86.2 cm³/mol. The molecule has 5 nitrogen and oxygen atoms in total. The number of carbonyl (C=O) groups excluding carboxylic acids is 1. The highest BCUT2D eigenvalue weighted by atomic mass is 16.3. The molecule has 0 aromatic carbocycles. The summed E-state index contributed by atoms with van der Waals surface area (Å²) in [5.74, 6) is -0.950. The van der Waals surface area contributed by atoms with Gasteiger partial charge in [-0.05, 0) is 39.5 Å². The van der Waals surface area contributed by atoms with Gasteiger partial charge >= 0.3 is 0 Å². The van der Waals surface area contributed by atoms with Crippen molar-refractivity contribution in [2.45, 2.75) is 64.2 Å². The predicted octanol–water partition coefficient (Wildman–Crippen LogP) is 1.32. The van der Waals surface area contributed by atoms with Crippen LogP contribution >= 0.6 is 0 Å². The minimum atomic E-state index is -1.38. The van der Waals surface area contributed by atoms with Crippen LogP contribution in [0.25, 0.3) is 0 Å². The lowest BCUT2D eigenvalue weighted by molar-refractivity contribution is -0.138. The van der Waals surface area contributed by atoms with E-state index in [1.54, 1.807) is 20.9 Å². The first-order chi connectivity index (χ1) is 9.78. The van der Waals surface area contributed by atoms with E-state index in [0.29, 0.717) is 0 Å². The van der Waals surface area contributed by atoms with Crippen molar-refractivity contribution < 1.29 is 20.1 Å². The van der Waals surface area contributed by atoms with Crippen molar-refractivity contribution in [2.24, 2.45) is 11.8 Å². The number of hydrogen-bond donors (Lipinski definition) is 3. The molecule has 5 heteroatoms. The summed E-state index contributed by atoms with van der Waals surface area (Å²) in [5.41, 5.74) is -2.44. The van der Waals surface area contributed by atoms with Crippen molar-refractivity contribution in [1.29, 1.82) is 0 Å². The van der Waals surface area contributed by atoms with Crippen LogP contribution in [0.2, 0.25) is 0 Å². The van der Waals surface area contributed by atoms with E-state index in [0.717, 1.165) is 19.3 Å². The molecule has 0 radical (unpaired) electrons. The number of hydrogen-bond acceptors (Lipinski definition) is 4. The average Bonchev–Trinajstić information content (AvgIpc) is 2.61. The summed E-state index contributed by atoms with van der Waals surface area (Å²) < 4.78 is 0. The molecule has 0 spiro atoms. The minimum Gasteiger partial charge on any atom is -0.396 e. The van der Waals surface area contributed by atoms with Crippen molar-refractivity contribution >= 4 is 5.91 Å². The number of allylic oxidation sites excluding steroid dienone is 1. The summed E-state index contributed by atoms with van der Waals surface area (Å²) in [6.45, 7) is 3.19. The maximum atomic E-state index is 12.4. The van der Waals surface area contributed by atoms with Gasteiger partial charge < -0.3 is 20.2 Å². The monoisotopic (exact) mass is 313 g/mol. The Kier molecular flexibility index (Phi) is 5.82. The Bertz CT molecular complexity index is 434. The van der Waals surface area contributed by atoms with E-state index in [1.165, 1.54) is 4.90 Å². The second-order valence-corrected chi connectivity index (χ2v) is 6.72. The summed E-state index contributed by atoms with van der Waals surface area (Å²) in [6, 6.07) is 0. The van der Waals surface area contributed by atoms with Crippen molar-refractivity contribution in [3.63, 3.8) is 0 Å². The van der Waals surface area contributed by atoms with E-state index in [2.05, 4.69) is 6.08 Å². The summed E-state index contributed by atoms with van der Waals surface area (Å²) in [4.78, 5) is 13.9. The van der Waals surface area contributed by atoms with Crippen LogP contribution in [0, 0.1) is 11.8 Å². The molecule has 22 heavy (non-hydrogen) atoms. The molecule has 0 aromatic rings. The van der Waals surface area contributed by atoms with Gasteiger partial charge in [-0.1, -0.05) is 19.6 Å². The first-order valence-corrected chi connectivity index (χ1v) is 7.74. The van der Waals surface area contributed by atoms with Gasteiger partial charge in [0, 0.05) is 19.6 Å². The van der Waals surface area contributed by atoms with Crippen molar-refractivity contribution in [3.8, 4) is 0 Å². The third-order valence-corrected chi connectivity index (χ3v) is 5.72. The zero-order chi connectivity index (χ0) is 15.8. The average molecular weight is 313 g/mol. The van der Waals surface area contributed by atoms with Crippen molar-refractivity contribution in [1.82, 2.24) is 4.90 Å². The summed E-state index contributed by atoms with van der Waals surface area (Å²) >= 11 is 0. The molecule has 0 aromatic heterocycles. The number of rotatable bonds is 4. The Morgan fingerprint density at radius 2 is 2.09 bits per heavy atom. The summed E-state index contributed by atoms with van der Waals surface area (Å²) in [6.07, 6.45) is 6.30. The molecular weight excluding hydrogens is 282 g/mol. The minimum absolute atomic E-state index is 0. The van der Waals surface area contributed by atoms with Crippen LogP contribution in [0.1, 0.15) is 47.0 Å². The zero-order valence-electron chi connectivity index (χ0n) is 13.1. The lowest BCUT2D eigenvalue weighted by Gasteiger charge is -2.47. The number of likely N-dealkylation sites (tertiary alicyclic amines) is 1. The number of amides is 1. The van der Waals surface area contributed by atoms with Crippen molar-refractivity contribution in [3.05, 3.63) is 12.2 Å². The highest BCUT2D eigenvalue weighted by Crippen LogP contribution is 2.47. The standard InChI is InChI=1S/C16H27NO4.CH4/c1-15(13(19)11-7-5-4-6-8-11)16(2,21)12(9-10-18)14(20)17(15)3;/h5,7,11-13,18-19,21H,4,6,8-10H2,1-3H3;1H4. The van der Waals surface area contributed by atoms with Crippen LogP contribution in [-0.2, 0) is 4.79 Å². The molecule has 3 N–H and O–H groups in total. The SMILES string of the molecule is C.CN1C(=O)C(CCO)C(C)(O)C1(C)C(O)C1C=CCCC1. The van der Waals surface area contributed by atoms with Gasteiger partial charge in [0.1, 0.15) is 0 Å². The third-order valence-electron chi connectivity index (χ3n) is 5.72. The van der Waals surface area contributed by atoms with E-state index in [9.17, 15) is 15.0 Å². The summed E-state index contributed by atoms with van der Waals surface area (Å²) in [5, 5.41) is 31.0. The van der Waals surface area contributed by atoms with Gasteiger partial charge in [0.25, 0.3) is 0 Å². The Labute approximate surface area is 133 Å². The van der Waals surface area contributed by atoms with Gasteiger partial charge in [0.2, 0.25) is 5.91 Å². The largest absolute Gasteiger partial charge is 0.396 e. The first kappa shape index (κ1) is 19.1. The molecule has 5 unspecified atom stereocenters. The molecule has 0 bridgehead atoms. The maximum absolute atomic E-state index is 12.4. The quantitative estimate of drug-likeness (QED) is 0.684. The molecule has 1 fully saturated rings. The highest BCUT2D eigenvalue weighted by Gasteiger charge is 2.65. The van der Waals surface area contributed by atoms with Gasteiger partial charge in [-0.2, -0.15) is 0 Å². The van der Waals surface area contributed by atoms with Crippen LogP contribution in [-0.4, -0.2) is 57.0 Å². The molecule has 1 aliphatic heterocycles. The number of carbonyl (C=O) groups is 1. The second-order valence-electron chi connectivity index (χ2n) is 6.72. The molecule has 2 rings (SSSR count). The smallest absolute Gasteiger partial charge is 0.229 e. The molecule has 1 heterocycles. The number of aliphatic hydroxyl groups excluding tert-OH is 2. The molecule has 5 atom stereocenters. The molecule has 1 amide bonds. The van der Waals surface area contributed by atoms with Crippen molar-refractivity contribution in [2.75, 3.05) is 13.7 Å². The van der Waals surface area contributed by atoms with E-state index in [1.807, 2.05) is 6.08 Å². The lowest BCUT2D eigenvalue weighted by atomic mass is 9.69. The normalized spacial score (nSPS) is 39.7. The van der Waals surface area contributed by atoms with Crippen LogP contribution in [0.15, 0.2) is 12.2 Å². The van der Waals surface area contributed by atoms with Crippen LogP contribution < -0.4 is 0 Å². The lowest BCUT2D eigenvalue weighted by Crippen LogP contribution is -2.64. The summed E-state index contributed by atoms with van der Waals surface area (Å²) in [7, 11) is 1.63. The topological polar surface area (TPSA) is 81.0 Å². The van der Waals surface area contributed by atoms with E-state index >= 15 is 0 Å². The Hall–Kier alpha value is -0.910. The van der Waals surface area contributed by atoms with Crippen LogP contribution in [0.4, 0.5) is 0 Å².